The summed E-state index contributed by atoms with van der Waals surface area (Å²) in [5, 5.41) is 2.63. The molecule has 0 aliphatic heterocycles. The average molecular weight is 205 g/mol. The summed E-state index contributed by atoms with van der Waals surface area (Å²) in [6.07, 6.45) is 0.345. The molecule has 0 spiro atoms. The molecule has 0 rings (SSSR count). The number of methoxy groups -OCH3 is 1. The standard InChI is InChI=1S/C8H15NO3S/c1-6(4-8(11)12-3)13-5-7(10)9-2/h6H,4-5H2,1-3H3,(H,9,10). The largest absolute Gasteiger partial charge is 0.469 e. The lowest BCUT2D eigenvalue weighted by Gasteiger charge is -2.08. The van der Waals surface area contributed by atoms with Gasteiger partial charge in [-0.3, -0.25) is 9.59 Å². The van der Waals surface area contributed by atoms with E-state index in [9.17, 15) is 9.59 Å². The molecule has 0 bridgehead atoms. The van der Waals surface area contributed by atoms with Gasteiger partial charge in [0.1, 0.15) is 0 Å². The van der Waals surface area contributed by atoms with Crippen molar-refractivity contribution < 1.29 is 14.3 Å². The second-order valence-electron chi connectivity index (χ2n) is 2.58. The van der Waals surface area contributed by atoms with Crippen LogP contribution in [0, 0.1) is 0 Å². The van der Waals surface area contributed by atoms with Crippen molar-refractivity contribution >= 4 is 23.6 Å². The molecule has 0 radical (unpaired) electrons. The van der Waals surface area contributed by atoms with Crippen LogP contribution >= 0.6 is 11.8 Å². The summed E-state index contributed by atoms with van der Waals surface area (Å²) < 4.78 is 4.50. The molecule has 0 aromatic rings. The van der Waals surface area contributed by atoms with Crippen molar-refractivity contribution in [3.05, 3.63) is 0 Å². The van der Waals surface area contributed by atoms with Gasteiger partial charge in [0.25, 0.3) is 0 Å². The van der Waals surface area contributed by atoms with E-state index in [-0.39, 0.29) is 17.1 Å². The summed E-state index contributed by atoms with van der Waals surface area (Å²) in [5.74, 6) is 0.118. The summed E-state index contributed by atoms with van der Waals surface area (Å²) in [7, 11) is 2.95. The maximum Gasteiger partial charge on any atom is 0.306 e. The predicted octanol–water partition coefficient (Wildman–Crippen LogP) is 0.417. The Morgan fingerprint density at radius 3 is 2.62 bits per heavy atom. The molecule has 0 aliphatic carbocycles. The monoisotopic (exact) mass is 205 g/mol. The third kappa shape index (κ3) is 6.45. The first kappa shape index (κ1) is 12.3. The number of hydrogen-bond acceptors (Lipinski definition) is 4. The topological polar surface area (TPSA) is 55.4 Å². The number of carbonyl (C=O) groups excluding carboxylic acids is 2. The van der Waals surface area contributed by atoms with Crippen LogP contribution in [0.3, 0.4) is 0 Å². The number of carbonyl (C=O) groups is 2. The molecule has 0 heterocycles. The number of esters is 1. The molecule has 0 aliphatic rings. The normalized spacial score (nSPS) is 11.9. The lowest BCUT2D eigenvalue weighted by atomic mass is 10.3. The highest BCUT2D eigenvalue weighted by molar-refractivity contribution is 8.00. The van der Waals surface area contributed by atoms with Crippen LogP contribution in [0.2, 0.25) is 0 Å². The average Bonchev–Trinajstić information content (AvgIpc) is 2.13. The minimum atomic E-state index is -0.239. The van der Waals surface area contributed by atoms with E-state index >= 15 is 0 Å². The quantitative estimate of drug-likeness (QED) is 0.661. The van der Waals surface area contributed by atoms with Gasteiger partial charge in [0.05, 0.1) is 19.3 Å². The maximum atomic E-state index is 10.8. The van der Waals surface area contributed by atoms with Gasteiger partial charge in [-0.15, -0.1) is 11.8 Å². The first-order valence-corrected chi connectivity index (χ1v) is 5.04. The third-order valence-electron chi connectivity index (χ3n) is 1.46. The second kappa shape index (κ2) is 6.77. The van der Waals surface area contributed by atoms with E-state index in [4.69, 9.17) is 0 Å². The molecule has 13 heavy (non-hydrogen) atoms. The van der Waals surface area contributed by atoms with E-state index in [0.717, 1.165) is 0 Å². The molecule has 1 atom stereocenters. The lowest BCUT2D eigenvalue weighted by Crippen LogP contribution is -2.21. The van der Waals surface area contributed by atoms with Crippen LogP contribution in [-0.4, -0.2) is 37.0 Å². The maximum absolute atomic E-state index is 10.8. The Kier molecular flexibility index (Phi) is 6.40. The van der Waals surface area contributed by atoms with Gasteiger partial charge >= 0.3 is 5.97 Å². The van der Waals surface area contributed by atoms with E-state index in [1.807, 2.05) is 6.92 Å². The van der Waals surface area contributed by atoms with E-state index in [2.05, 4.69) is 10.1 Å². The minimum absolute atomic E-state index is 0.0262. The van der Waals surface area contributed by atoms with E-state index in [1.165, 1.54) is 18.9 Å². The molecule has 0 saturated heterocycles. The fraction of sp³-hybridized carbons (Fsp3) is 0.750. The molecular formula is C8H15NO3S. The van der Waals surface area contributed by atoms with Crippen molar-refractivity contribution in [2.45, 2.75) is 18.6 Å². The van der Waals surface area contributed by atoms with Gasteiger partial charge in [0.2, 0.25) is 5.91 Å². The van der Waals surface area contributed by atoms with Crippen LogP contribution in [0.25, 0.3) is 0 Å². The highest BCUT2D eigenvalue weighted by Gasteiger charge is 2.10. The van der Waals surface area contributed by atoms with Crippen LogP contribution in [0.5, 0.6) is 0 Å². The van der Waals surface area contributed by atoms with Crippen LogP contribution in [0.15, 0.2) is 0 Å². The Morgan fingerprint density at radius 2 is 2.15 bits per heavy atom. The zero-order chi connectivity index (χ0) is 10.3. The van der Waals surface area contributed by atoms with Crippen molar-refractivity contribution in [2.75, 3.05) is 19.9 Å². The van der Waals surface area contributed by atoms with Gasteiger partial charge in [-0.1, -0.05) is 6.92 Å². The van der Waals surface area contributed by atoms with Gasteiger partial charge in [0, 0.05) is 12.3 Å². The van der Waals surface area contributed by atoms with Gasteiger partial charge in [-0.25, -0.2) is 0 Å². The number of amides is 1. The van der Waals surface area contributed by atoms with Gasteiger partial charge in [-0.05, 0) is 0 Å². The fourth-order valence-corrected chi connectivity index (χ4v) is 1.50. The summed E-state index contributed by atoms with van der Waals surface area (Å²) in [4.78, 5) is 21.6. The highest BCUT2D eigenvalue weighted by Crippen LogP contribution is 2.13. The van der Waals surface area contributed by atoms with Crippen molar-refractivity contribution in [3.8, 4) is 0 Å². The van der Waals surface area contributed by atoms with Gasteiger partial charge in [-0.2, -0.15) is 0 Å². The Bertz CT molecular complexity index is 184. The molecule has 0 saturated carbocycles. The molecular weight excluding hydrogens is 190 g/mol. The summed E-state index contributed by atoms with van der Waals surface area (Å²) in [6.45, 7) is 1.89. The Hall–Kier alpha value is -0.710. The van der Waals surface area contributed by atoms with Crippen molar-refractivity contribution in [2.24, 2.45) is 0 Å². The number of nitrogens with one attached hydrogen (secondary N) is 1. The molecule has 76 valence electrons. The van der Waals surface area contributed by atoms with Gasteiger partial charge < -0.3 is 10.1 Å². The number of hydrogen-bond donors (Lipinski definition) is 1. The molecule has 1 unspecified atom stereocenters. The molecule has 1 amide bonds. The van der Waals surface area contributed by atoms with Crippen molar-refractivity contribution in [1.82, 2.24) is 5.32 Å². The van der Waals surface area contributed by atoms with E-state index < -0.39 is 0 Å². The molecule has 5 heteroatoms. The summed E-state index contributed by atoms with van der Waals surface area (Å²) >= 11 is 1.44. The first-order chi connectivity index (χ1) is 6.10. The summed E-state index contributed by atoms with van der Waals surface area (Å²) in [6, 6.07) is 0. The van der Waals surface area contributed by atoms with Crippen molar-refractivity contribution in [3.63, 3.8) is 0 Å². The molecule has 0 aromatic heterocycles. The predicted molar refractivity (Wildman–Crippen MR) is 52.6 cm³/mol. The van der Waals surface area contributed by atoms with Crippen LogP contribution < -0.4 is 5.32 Å². The van der Waals surface area contributed by atoms with Crippen LogP contribution in [0.1, 0.15) is 13.3 Å². The van der Waals surface area contributed by atoms with E-state index in [1.54, 1.807) is 7.05 Å². The Balaban J connectivity index is 3.56. The molecule has 0 aromatic carbocycles. The van der Waals surface area contributed by atoms with Crippen LogP contribution in [0.4, 0.5) is 0 Å². The third-order valence-corrected chi connectivity index (χ3v) is 2.62. The molecule has 0 fully saturated rings. The fourth-order valence-electron chi connectivity index (χ4n) is 0.667. The van der Waals surface area contributed by atoms with E-state index in [0.29, 0.717) is 12.2 Å². The SMILES string of the molecule is CNC(=O)CSC(C)CC(=O)OC. The zero-order valence-corrected chi connectivity index (χ0v) is 8.94. The number of ether oxygens (including phenoxy) is 1. The highest BCUT2D eigenvalue weighted by atomic mass is 32.2. The molecule has 1 N–H and O–H groups in total. The Labute approximate surface area is 82.4 Å². The zero-order valence-electron chi connectivity index (χ0n) is 8.12. The van der Waals surface area contributed by atoms with Gasteiger partial charge in [0.15, 0.2) is 0 Å². The molecule has 4 nitrogen and oxygen atoms in total. The summed E-state index contributed by atoms with van der Waals surface area (Å²) in [5.41, 5.74) is 0. The number of rotatable bonds is 5. The second-order valence-corrected chi connectivity index (χ2v) is 4.00. The lowest BCUT2D eigenvalue weighted by molar-refractivity contribution is -0.140. The first-order valence-electron chi connectivity index (χ1n) is 3.99. The van der Waals surface area contributed by atoms with Crippen molar-refractivity contribution in [1.29, 1.82) is 0 Å². The Morgan fingerprint density at radius 1 is 1.54 bits per heavy atom. The smallest absolute Gasteiger partial charge is 0.306 e. The number of thioether (sulfide) groups is 1. The van der Waals surface area contributed by atoms with Crippen LogP contribution in [-0.2, 0) is 14.3 Å². The minimum Gasteiger partial charge on any atom is -0.469 e.